The number of nitrogens with one attached hydrogen (secondary N) is 1. The average Bonchev–Trinajstić information content (AvgIpc) is 3.17. The Kier molecular flexibility index (Phi) is 6.94. The van der Waals surface area contributed by atoms with Gasteiger partial charge in [0.15, 0.2) is 5.69 Å². The molecule has 0 amide bonds. The number of H-pyrrole nitrogens is 1. The quantitative estimate of drug-likeness (QED) is 0.350. The molecule has 9 nitrogen and oxygen atoms in total. The van der Waals surface area contributed by atoms with Crippen molar-refractivity contribution < 1.29 is 13.5 Å². The number of benzene rings is 3. The molecule has 0 saturated carbocycles. The van der Waals surface area contributed by atoms with E-state index in [4.69, 9.17) is 0 Å². The zero-order chi connectivity index (χ0) is 25.0. The largest absolute Gasteiger partial charge is 0.392 e. The van der Waals surface area contributed by atoms with Gasteiger partial charge in [-0.3, -0.25) is 14.2 Å². The van der Waals surface area contributed by atoms with Gasteiger partial charge in [-0.25, -0.2) is 13.1 Å². The van der Waals surface area contributed by atoms with Gasteiger partial charge in [-0.05, 0) is 67.9 Å². The van der Waals surface area contributed by atoms with Crippen molar-refractivity contribution in [1.29, 1.82) is 0 Å². The fourth-order valence-corrected chi connectivity index (χ4v) is 5.10. The molecule has 0 atom stereocenters. The third-order valence-corrected chi connectivity index (χ3v) is 7.33. The topological polar surface area (TPSA) is 120 Å². The highest BCUT2D eigenvalue weighted by Crippen LogP contribution is 2.26. The number of hydrogen-bond acceptors (Lipinski definition) is 6. The molecule has 0 aliphatic heterocycles. The molecule has 10 heteroatoms. The number of sulfonamides is 1. The number of aliphatic hydroxyl groups excluding tert-OH is 1. The number of hydrogen-bond donors (Lipinski definition) is 2. The molecule has 0 saturated heterocycles. The van der Waals surface area contributed by atoms with E-state index in [1.165, 1.54) is 33.3 Å². The van der Waals surface area contributed by atoms with Gasteiger partial charge >= 0.3 is 0 Å². The summed E-state index contributed by atoms with van der Waals surface area (Å²) in [7, 11) is -3.83. The van der Waals surface area contributed by atoms with Crippen molar-refractivity contribution in [3.05, 3.63) is 100 Å². The maximum Gasteiger partial charge on any atom is 0.299 e. The Hall–Kier alpha value is -4.02. The van der Waals surface area contributed by atoms with Crippen LogP contribution in [0.2, 0.25) is 0 Å². The fourth-order valence-electron chi connectivity index (χ4n) is 3.64. The normalized spacial score (nSPS) is 11.7. The van der Waals surface area contributed by atoms with Crippen molar-refractivity contribution in [2.45, 2.75) is 25.3 Å². The Morgan fingerprint density at radius 1 is 0.971 bits per heavy atom. The van der Waals surface area contributed by atoms with Crippen LogP contribution >= 0.6 is 0 Å². The molecule has 4 aromatic rings. The minimum atomic E-state index is -3.83. The maximum atomic E-state index is 13.2. The minimum absolute atomic E-state index is 0.0944. The predicted octanol–water partition coefficient (Wildman–Crippen LogP) is 4.60. The summed E-state index contributed by atoms with van der Waals surface area (Å²) in [6, 6.07) is 21.9. The summed E-state index contributed by atoms with van der Waals surface area (Å²) in [5.74, 6) is 0. The molecule has 0 spiro atoms. The highest BCUT2D eigenvalue weighted by atomic mass is 32.2. The van der Waals surface area contributed by atoms with Crippen LogP contribution in [0.3, 0.4) is 0 Å². The lowest BCUT2D eigenvalue weighted by Gasteiger charge is -2.23. The monoisotopic (exact) mass is 491 g/mol. The Morgan fingerprint density at radius 2 is 1.69 bits per heavy atom. The summed E-state index contributed by atoms with van der Waals surface area (Å²) in [5.41, 5.74) is 2.58. The molecule has 2 N–H and O–H groups in total. The van der Waals surface area contributed by atoms with Gasteiger partial charge in [-0.1, -0.05) is 30.3 Å². The molecular formula is C25H25N5O4S. The van der Waals surface area contributed by atoms with Crippen molar-refractivity contribution in [1.82, 2.24) is 9.78 Å². The molecule has 3 aromatic carbocycles. The third-order valence-electron chi connectivity index (χ3n) is 5.41. The van der Waals surface area contributed by atoms with Crippen molar-refractivity contribution >= 4 is 27.1 Å². The Balaban J connectivity index is 1.58. The van der Waals surface area contributed by atoms with E-state index in [9.17, 15) is 18.3 Å². The SMILES string of the molecule is CCN(c1cccc(CO)c1)S(=O)(=O)c1ccc(N=Nc2c(C)[nH]n(-c3ccccc3)c2=O)cc1. The second-order valence-corrected chi connectivity index (χ2v) is 9.62. The lowest BCUT2D eigenvalue weighted by atomic mass is 10.2. The summed E-state index contributed by atoms with van der Waals surface area (Å²) < 4.78 is 29.2. The fraction of sp³-hybridized carbons (Fsp3) is 0.160. The zero-order valence-electron chi connectivity index (χ0n) is 19.3. The van der Waals surface area contributed by atoms with E-state index >= 15 is 0 Å². The lowest BCUT2D eigenvalue weighted by molar-refractivity contribution is 0.282. The van der Waals surface area contributed by atoms with Gasteiger partial charge in [0, 0.05) is 6.54 Å². The lowest BCUT2D eigenvalue weighted by Crippen LogP contribution is -2.30. The summed E-state index contributed by atoms with van der Waals surface area (Å²) in [5, 5.41) is 20.6. The number of nitrogens with zero attached hydrogens (tertiary/aromatic N) is 4. The van der Waals surface area contributed by atoms with Gasteiger partial charge in [0.05, 0.1) is 34.3 Å². The van der Waals surface area contributed by atoms with Gasteiger partial charge < -0.3 is 5.11 Å². The van der Waals surface area contributed by atoms with Crippen LogP contribution in [0.5, 0.6) is 0 Å². The summed E-state index contributed by atoms with van der Waals surface area (Å²) in [4.78, 5) is 12.9. The first-order chi connectivity index (χ1) is 16.8. The Morgan fingerprint density at radius 3 is 2.34 bits per heavy atom. The number of rotatable bonds is 8. The Bertz CT molecular complexity index is 1510. The molecule has 4 rings (SSSR count). The van der Waals surface area contributed by atoms with Crippen LogP contribution in [-0.4, -0.2) is 29.8 Å². The highest BCUT2D eigenvalue weighted by molar-refractivity contribution is 7.92. The van der Waals surface area contributed by atoms with Gasteiger partial charge in [-0.15, -0.1) is 5.11 Å². The average molecular weight is 492 g/mol. The van der Waals surface area contributed by atoms with Crippen molar-refractivity contribution in [3.8, 4) is 5.69 Å². The predicted molar refractivity (Wildman–Crippen MR) is 134 cm³/mol. The number of anilines is 1. The molecule has 35 heavy (non-hydrogen) atoms. The highest BCUT2D eigenvalue weighted by Gasteiger charge is 2.23. The molecule has 1 heterocycles. The first-order valence-electron chi connectivity index (χ1n) is 11.0. The number of aromatic amines is 1. The molecule has 0 fully saturated rings. The standard InChI is InChI=1S/C25H25N5O4S/c1-3-29(22-11-7-8-19(16-22)17-31)35(33,34)23-14-12-20(13-15-23)26-27-24-18(2)28-30(25(24)32)21-9-5-4-6-10-21/h4-16,28,31H,3,17H2,1-2H3. The van der Waals surface area contributed by atoms with E-state index in [0.717, 1.165) is 0 Å². The van der Waals surface area contributed by atoms with Gasteiger partial charge in [0.2, 0.25) is 0 Å². The van der Waals surface area contributed by atoms with Gasteiger partial charge in [0.25, 0.3) is 15.6 Å². The second kappa shape index (κ2) is 10.1. The molecule has 1 aromatic heterocycles. The second-order valence-electron chi connectivity index (χ2n) is 7.75. The first kappa shape index (κ1) is 24.1. The molecule has 0 unspecified atom stereocenters. The molecule has 0 aliphatic carbocycles. The van der Waals surface area contributed by atoms with Crippen LogP contribution in [0.4, 0.5) is 17.1 Å². The maximum absolute atomic E-state index is 13.2. The first-order valence-corrected chi connectivity index (χ1v) is 12.4. The summed E-state index contributed by atoms with van der Waals surface area (Å²) >= 11 is 0. The smallest absolute Gasteiger partial charge is 0.299 e. The van der Waals surface area contributed by atoms with E-state index in [-0.39, 0.29) is 29.3 Å². The summed E-state index contributed by atoms with van der Waals surface area (Å²) in [6.07, 6.45) is 0. The molecule has 0 bridgehead atoms. The van der Waals surface area contributed by atoms with Gasteiger partial charge in [-0.2, -0.15) is 5.11 Å². The molecule has 180 valence electrons. The van der Waals surface area contributed by atoms with Crippen molar-refractivity contribution in [2.24, 2.45) is 10.2 Å². The van der Waals surface area contributed by atoms with Crippen LogP contribution in [0.25, 0.3) is 5.69 Å². The number of aromatic nitrogens is 2. The van der Waals surface area contributed by atoms with E-state index in [1.54, 1.807) is 50.2 Å². The third kappa shape index (κ3) is 4.93. The number of aliphatic hydroxyl groups is 1. The van der Waals surface area contributed by atoms with Gasteiger partial charge in [0.1, 0.15) is 0 Å². The Labute approximate surface area is 203 Å². The number of azo groups is 1. The molecule has 0 radical (unpaired) electrons. The van der Waals surface area contributed by atoms with E-state index in [1.807, 2.05) is 18.2 Å². The minimum Gasteiger partial charge on any atom is -0.392 e. The van der Waals surface area contributed by atoms with E-state index in [2.05, 4.69) is 15.3 Å². The van der Waals surface area contributed by atoms with E-state index < -0.39 is 10.0 Å². The van der Waals surface area contributed by atoms with Crippen LogP contribution in [0.15, 0.2) is 98.8 Å². The van der Waals surface area contributed by atoms with Crippen LogP contribution in [0, 0.1) is 6.92 Å². The summed E-state index contributed by atoms with van der Waals surface area (Å²) in [6.45, 7) is 3.52. The van der Waals surface area contributed by atoms with Crippen molar-refractivity contribution in [2.75, 3.05) is 10.8 Å². The molecule has 0 aliphatic rings. The molecular weight excluding hydrogens is 466 g/mol. The van der Waals surface area contributed by atoms with Crippen LogP contribution in [0.1, 0.15) is 18.2 Å². The van der Waals surface area contributed by atoms with Crippen LogP contribution < -0.4 is 9.86 Å². The van der Waals surface area contributed by atoms with Crippen molar-refractivity contribution in [3.63, 3.8) is 0 Å². The van der Waals surface area contributed by atoms with E-state index in [0.29, 0.717) is 28.3 Å². The zero-order valence-corrected chi connectivity index (χ0v) is 20.1. The number of aryl methyl sites for hydroxylation is 1. The van der Waals surface area contributed by atoms with Crippen LogP contribution in [-0.2, 0) is 16.6 Å². The number of para-hydroxylation sites is 1.